The first-order valence-corrected chi connectivity index (χ1v) is 12.1. The molecule has 0 radical (unpaired) electrons. The van der Waals surface area contributed by atoms with Crippen LogP contribution in [-0.4, -0.2) is 28.6 Å². The maximum atomic E-state index is 12.1. The Hall–Kier alpha value is -2.99. The number of aliphatic carboxylic acids is 1. The van der Waals surface area contributed by atoms with Crippen LogP contribution in [0.25, 0.3) is 10.4 Å². The van der Waals surface area contributed by atoms with Gasteiger partial charge >= 0.3 is 5.97 Å². The molecular weight excluding hydrogens is 420 g/mol. The molecule has 0 saturated carbocycles. The molecule has 0 spiro atoms. The van der Waals surface area contributed by atoms with Gasteiger partial charge in [-0.2, -0.15) is 0 Å². The second kappa shape index (κ2) is 18.6. The van der Waals surface area contributed by atoms with Crippen molar-refractivity contribution in [2.24, 2.45) is 5.11 Å². The maximum absolute atomic E-state index is 12.1. The van der Waals surface area contributed by atoms with E-state index in [9.17, 15) is 14.7 Å². The molecule has 8 heteroatoms. The number of carbonyl (C=O) groups is 2. The van der Waals surface area contributed by atoms with Gasteiger partial charge in [0.05, 0.1) is 5.56 Å². The van der Waals surface area contributed by atoms with Gasteiger partial charge < -0.3 is 15.5 Å². The monoisotopic (exact) mass is 458 g/mol. The van der Waals surface area contributed by atoms with Gasteiger partial charge in [0, 0.05) is 23.6 Å². The van der Waals surface area contributed by atoms with E-state index in [1.165, 1.54) is 50.3 Å². The molecule has 33 heavy (non-hydrogen) atoms. The molecule has 8 nitrogen and oxygen atoms in total. The molecule has 0 aliphatic rings. The smallest absolute Gasteiger partial charge is 0.303 e. The van der Waals surface area contributed by atoms with Crippen LogP contribution in [0, 0.1) is 0 Å². The summed E-state index contributed by atoms with van der Waals surface area (Å²) in [6.45, 7) is 0.568. The molecule has 1 rings (SSSR count). The van der Waals surface area contributed by atoms with E-state index in [1.807, 2.05) is 0 Å². The van der Waals surface area contributed by atoms with Crippen LogP contribution in [0.1, 0.15) is 100 Å². The molecule has 0 heterocycles. The Labute approximate surface area is 196 Å². The van der Waals surface area contributed by atoms with Gasteiger partial charge in [0.25, 0.3) is 5.91 Å². The number of amides is 1. The van der Waals surface area contributed by atoms with E-state index in [-0.39, 0.29) is 22.9 Å². The van der Waals surface area contributed by atoms with Crippen molar-refractivity contribution in [3.05, 3.63) is 46.4 Å². The van der Waals surface area contributed by atoms with Crippen LogP contribution in [0.15, 0.2) is 35.5 Å². The fourth-order valence-corrected chi connectivity index (χ4v) is 3.52. The van der Waals surface area contributed by atoms with Gasteiger partial charge in [0.2, 0.25) is 0 Å². The zero-order chi connectivity index (χ0) is 24.2. The number of azide groups is 1. The number of nitrogens with zero attached hydrogens (tertiary/aromatic N) is 3. The number of aromatic hydroxyl groups is 1. The van der Waals surface area contributed by atoms with Crippen LogP contribution in [0.2, 0.25) is 0 Å². The molecule has 0 aliphatic heterocycles. The molecule has 0 aliphatic carbocycles. The van der Waals surface area contributed by atoms with E-state index in [0.717, 1.165) is 51.4 Å². The fraction of sp³-hybridized carbons (Fsp3) is 0.600. The third kappa shape index (κ3) is 14.6. The van der Waals surface area contributed by atoms with Gasteiger partial charge in [0.15, 0.2) is 0 Å². The number of phenolic OH excluding ortho intramolecular Hbond substituents is 1. The minimum absolute atomic E-state index is 0.177. The molecule has 0 fully saturated rings. The van der Waals surface area contributed by atoms with E-state index < -0.39 is 5.97 Å². The number of hydrogen-bond acceptors (Lipinski definition) is 4. The highest BCUT2D eigenvalue weighted by Gasteiger charge is 2.10. The van der Waals surface area contributed by atoms with Gasteiger partial charge in [-0.1, -0.05) is 68.3 Å². The first kappa shape index (κ1) is 28.0. The van der Waals surface area contributed by atoms with Crippen molar-refractivity contribution in [1.29, 1.82) is 0 Å². The number of carboxylic acid groups (broad SMARTS) is 1. The zero-order valence-corrected chi connectivity index (χ0v) is 19.5. The lowest BCUT2D eigenvalue weighted by molar-refractivity contribution is -0.137. The molecule has 1 amide bonds. The molecule has 1 aromatic rings. The number of allylic oxidation sites excluding steroid dienone is 2. The summed E-state index contributed by atoms with van der Waals surface area (Å²) < 4.78 is 0. The maximum Gasteiger partial charge on any atom is 0.303 e. The van der Waals surface area contributed by atoms with Crippen molar-refractivity contribution < 1.29 is 19.8 Å². The largest absolute Gasteiger partial charge is 0.507 e. The van der Waals surface area contributed by atoms with Crippen molar-refractivity contribution in [2.45, 2.75) is 89.9 Å². The Bertz CT molecular complexity index is 789. The molecule has 3 N–H and O–H groups in total. The summed E-state index contributed by atoms with van der Waals surface area (Å²) in [4.78, 5) is 25.2. The first-order valence-electron chi connectivity index (χ1n) is 12.1. The van der Waals surface area contributed by atoms with E-state index in [1.54, 1.807) is 0 Å². The van der Waals surface area contributed by atoms with Gasteiger partial charge in [0.1, 0.15) is 5.75 Å². The van der Waals surface area contributed by atoms with Crippen LogP contribution in [-0.2, 0) is 4.79 Å². The lowest BCUT2D eigenvalue weighted by atomic mass is 10.1. The molecule has 0 atom stereocenters. The summed E-state index contributed by atoms with van der Waals surface area (Å²) in [5.41, 5.74) is 8.84. The lowest BCUT2D eigenvalue weighted by Gasteiger charge is -2.07. The highest BCUT2D eigenvalue weighted by atomic mass is 16.4. The van der Waals surface area contributed by atoms with Crippen LogP contribution >= 0.6 is 0 Å². The number of hydrogen-bond donors (Lipinski definition) is 3. The van der Waals surface area contributed by atoms with Crippen molar-refractivity contribution in [1.82, 2.24) is 5.32 Å². The summed E-state index contributed by atoms with van der Waals surface area (Å²) in [6, 6.07) is 4.22. The topological polar surface area (TPSA) is 135 Å². The van der Waals surface area contributed by atoms with Crippen molar-refractivity contribution in [3.8, 4) is 5.75 Å². The number of carbonyl (C=O) groups excluding carboxylic acids is 1. The second-order valence-corrected chi connectivity index (χ2v) is 8.23. The Morgan fingerprint density at radius 1 is 0.909 bits per heavy atom. The van der Waals surface area contributed by atoms with E-state index >= 15 is 0 Å². The number of carboxylic acids is 1. The Kier molecular flexibility index (Phi) is 15.8. The molecule has 0 aromatic heterocycles. The predicted octanol–water partition coefficient (Wildman–Crippen LogP) is 7.17. The lowest BCUT2D eigenvalue weighted by Crippen LogP contribution is -2.24. The first-order chi connectivity index (χ1) is 16.0. The Balaban J connectivity index is 1.93. The fourth-order valence-electron chi connectivity index (χ4n) is 3.52. The van der Waals surface area contributed by atoms with Gasteiger partial charge in [-0.3, -0.25) is 9.59 Å². The quantitative estimate of drug-likeness (QED) is 0.0665. The number of nitrogens with one attached hydrogen (secondary N) is 1. The average molecular weight is 459 g/mol. The summed E-state index contributed by atoms with van der Waals surface area (Å²) in [5.74, 6) is -1.22. The second-order valence-electron chi connectivity index (χ2n) is 8.23. The van der Waals surface area contributed by atoms with E-state index in [4.69, 9.17) is 10.6 Å². The third-order valence-corrected chi connectivity index (χ3v) is 5.40. The van der Waals surface area contributed by atoms with Crippen LogP contribution in [0.4, 0.5) is 5.69 Å². The normalized spacial score (nSPS) is 10.8. The van der Waals surface area contributed by atoms with Crippen molar-refractivity contribution >= 4 is 17.6 Å². The standard InChI is InChI=1S/C25H38N4O4/c26-29-28-21-17-18-22(23(30)20-21)25(33)27-19-15-13-11-9-7-5-3-1-2-4-6-8-10-12-14-16-24(31)32/h1-2,17-18,20,30H,3-16,19H2,(H,27,33)(H,31,32). The third-order valence-electron chi connectivity index (χ3n) is 5.40. The number of phenols is 1. The van der Waals surface area contributed by atoms with E-state index in [2.05, 4.69) is 27.5 Å². The molecule has 1 aromatic carbocycles. The number of unbranched alkanes of at least 4 members (excludes halogenated alkanes) is 11. The van der Waals surface area contributed by atoms with Crippen LogP contribution in [0.5, 0.6) is 5.75 Å². The van der Waals surface area contributed by atoms with Crippen LogP contribution < -0.4 is 5.32 Å². The minimum Gasteiger partial charge on any atom is -0.507 e. The Morgan fingerprint density at radius 2 is 1.48 bits per heavy atom. The summed E-state index contributed by atoms with van der Waals surface area (Å²) >= 11 is 0. The van der Waals surface area contributed by atoms with Crippen LogP contribution in [0.3, 0.4) is 0 Å². The number of rotatable bonds is 19. The molecule has 0 unspecified atom stereocenters. The SMILES string of the molecule is [N-]=[N+]=Nc1ccc(C(=O)NCCCCCCCCC=CCCCCCCCC(=O)O)c(O)c1. The average Bonchev–Trinajstić information content (AvgIpc) is 2.78. The zero-order valence-electron chi connectivity index (χ0n) is 19.5. The van der Waals surface area contributed by atoms with E-state index in [0.29, 0.717) is 13.0 Å². The summed E-state index contributed by atoms with van der Waals surface area (Å²) in [7, 11) is 0. The van der Waals surface area contributed by atoms with Gasteiger partial charge in [-0.15, -0.1) is 0 Å². The molecule has 0 saturated heterocycles. The number of benzene rings is 1. The molecular formula is C25H38N4O4. The van der Waals surface area contributed by atoms with Gasteiger partial charge in [-0.25, -0.2) is 0 Å². The minimum atomic E-state index is -0.697. The highest BCUT2D eigenvalue weighted by molar-refractivity contribution is 5.97. The Morgan fingerprint density at radius 3 is 2.06 bits per heavy atom. The summed E-state index contributed by atoms with van der Waals surface area (Å²) in [6.07, 6.45) is 19.1. The van der Waals surface area contributed by atoms with Crippen molar-refractivity contribution in [2.75, 3.05) is 6.54 Å². The predicted molar refractivity (Wildman–Crippen MR) is 131 cm³/mol. The summed E-state index contributed by atoms with van der Waals surface area (Å²) in [5, 5.41) is 24.7. The molecule has 0 bridgehead atoms. The molecule has 182 valence electrons. The van der Waals surface area contributed by atoms with Crippen molar-refractivity contribution in [3.63, 3.8) is 0 Å². The highest BCUT2D eigenvalue weighted by Crippen LogP contribution is 2.24. The van der Waals surface area contributed by atoms with Gasteiger partial charge in [-0.05, 0) is 56.2 Å².